The lowest BCUT2D eigenvalue weighted by molar-refractivity contribution is -0.138. The number of halogens is 3. The van der Waals surface area contributed by atoms with E-state index >= 15 is 0 Å². The molecule has 0 atom stereocenters. The van der Waals surface area contributed by atoms with Crippen LogP contribution in [0, 0.1) is 11.6 Å². The highest BCUT2D eigenvalue weighted by Gasteiger charge is 2.25. The fourth-order valence-corrected chi connectivity index (χ4v) is 1.64. The van der Waals surface area contributed by atoms with Crippen molar-refractivity contribution < 1.29 is 23.1 Å². The quantitative estimate of drug-likeness (QED) is 0.219. The van der Waals surface area contributed by atoms with Crippen molar-refractivity contribution in [2.45, 2.75) is 13.8 Å². The van der Waals surface area contributed by atoms with Gasteiger partial charge >= 0.3 is 5.97 Å². The number of hydrogen-bond acceptors (Lipinski definition) is 4. The van der Waals surface area contributed by atoms with E-state index in [0.717, 1.165) is 18.3 Å². The van der Waals surface area contributed by atoms with E-state index < -0.39 is 34.0 Å². The van der Waals surface area contributed by atoms with E-state index in [-0.39, 0.29) is 12.2 Å². The Hall–Kier alpha value is -1.95. The molecule has 1 aromatic rings. The number of rotatable bonds is 6. The molecule has 114 valence electrons. The zero-order valence-electron chi connectivity index (χ0n) is 11.5. The van der Waals surface area contributed by atoms with Crippen molar-refractivity contribution in [3.63, 3.8) is 0 Å². The van der Waals surface area contributed by atoms with Gasteiger partial charge in [-0.15, -0.1) is 0 Å². The van der Waals surface area contributed by atoms with Crippen molar-refractivity contribution in [1.82, 2.24) is 5.32 Å². The number of benzene rings is 1. The summed E-state index contributed by atoms with van der Waals surface area (Å²) in [5.74, 6) is -4.04. The predicted molar refractivity (Wildman–Crippen MR) is 74.1 cm³/mol. The van der Waals surface area contributed by atoms with Gasteiger partial charge in [0, 0.05) is 12.7 Å². The molecule has 0 aliphatic heterocycles. The summed E-state index contributed by atoms with van der Waals surface area (Å²) < 4.78 is 31.7. The van der Waals surface area contributed by atoms with Gasteiger partial charge in [-0.25, -0.2) is 13.6 Å². The van der Waals surface area contributed by atoms with Gasteiger partial charge in [-0.3, -0.25) is 4.79 Å². The number of ether oxygens (including phenoxy) is 1. The first-order valence-electron chi connectivity index (χ1n) is 6.22. The lowest BCUT2D eigenvalue weighted by Gasteiger charge is -2.08. The number of hydrogen-bond donors (Lipinski definition) is 1. The molecule has 0 aliphatic carbocycles. The Balaban J connectivity index is 3.23. The van der Waals surface area contributed by atoms with E-state index in [0.29, 0.717) is 6.54 Å². The molecule has 0 spiro atoms. The van der Waals surface area contributed by atoms with Gasteiger partial charge < -0.3 is 10.1 Å². The first kappa shape index (κ1) is 17.1. The highest BCUT2D eigenvalue weighted by Crippen LogP contribution is 2.24. The van der Waals surface area contributed by atoms with Crippen LogP contribution in [0.2, 0.25) is 5.02 Å². The average Bonchev–Trinajstić information content (AvgIpc) is 2.45. The molecule has 1 N–H and O–H groups in total. The number of Topliss-reactive ketones (excluding diaryl/α,β-unsaturated/α-hetero) is 1. The summed E-state index contributed by atoms with van der Waals surface area (Å²) in [4.78, 5) is 24.0. The molecule has 4 nitrogen and oxygen atoms in total. The molecule has 0 unspecified atom stereocenters. The molecule has 0 aromatic heterocycles. The van der Waals surface area contributed by atoms with Crippen LogP contribution in [-0.4, -0.2) is 24.9 Å². The minimum Gasteiger partial charge on any atom is -0.462 e. The standard InChI is InChI=1S/C14H14ClF2NO3/c1-3-18-7-9(14(20)21-4-2)13(19)8-5-6-10(16)11(15)12(8)17/h5-7,18H,3-4H2,1-2H3. The fraction of sp³-hybridized carbons (Fsp3) is 0.286. The molecule has 1 rings (SSSR count). The highest BCUT2D eigenvalue weighted by molar-refractivity contribution is 6.32. The van der Waals surface area contributed by atoms with Crippen LogP contribution in [0.1, 0.15) is 24.2 Å². The van der Waals surface area contributed by atoms with Gasteiger partial charge in [0.25, 0.3) is 0 Å². The van der Waals surface area contributed by atoms with Gasteiger partial charge in [0.05, 0.1) is 12.2 Å². The van der Waals surface area contributed by atoms with Crippen LogP contribution in [0.4, 0.5) is 8.78 Å². The van der Waals surface area contributed by atoms with Crippen LogP contribution in [0.3, 0.4) is 0 Å². The summed E-state index contributed by atoms with van der Waals surface area (Å²) in [5.41, 5.74) is -0.890. The third kappa shape index (κ3) is 4.01. The number of ketones is 1. The Morgan fingerprint density at radius 1 is 1.33 bits per heavy atom. The molecular formula is C14H14ClF2NO3. The summed E-state index contributed by atoms with van der Waals surface area (Å²) in [6.45, 7) is 3.83. The highest BCUT2D eigenvalue weighted by atomic mass is 35.5. The lowest BCUT2D eigenvalue weighted by atomic mass is 10.0. The Morgan fingerprint density at radius 3 is 2.57 bits per heavy atom. The second-order valence-electron chi connectivity index (χ2n) is 3.89. The molecular weight excluding hydrogens is 304 g/mol. The molecule has 0 bridgehead atoms. The molecule has 1 aromatic carbocycles. The van der Waals surface area contributed by atoms with Gasteiger partial charge in [-0.2, -0.15) is 0 Å². The molecule has 0 saturated carbocycles. The SMILES string of the molecule is CCNC=C(C(=O)OCC)C(=O)c1ccc(F)c(Cl)c1F. The first-order chi connectivity index (χ1) is 9.93. The van der Waals surface area contributed by atoms with Crippen LogP contribution in [0.5, 0.6) is 0 Å². The molecule has 0 heterocycles. The largest absolute Gasteiger partial charge is 0.462 e. The van der Waals surface area contributed by atoms with Gasteiger partial charge in [0.15, 0.2) is 5.82 Å². The van der Waals surface area contributed by atoms with E-state index in [9.17, 15) is 18.4 Å². The topological polar surface area (TPSA) is 55.4 Å². The second-order valence-corrected chi connectivity index (χ2v) is 4.27. The summed E-state index contributed by atoms with van der Waals surface area (Å²) in [6.07, 6.45) is 1.14. The molecule has 0 saturated heterocycles. The van der Waals surface area contributed by atoms with E-state index in [1.54, 1.807) is 13.8 Å². The molecule has 21 heavy (non-hydrogen) atoms. The third-order valence-corrected chi connectivity index (χ3v) is 2.82. The summed E-state index contributed by atoms with van der Waals surface area (Å²) in [6, 6.07) is 1.78. The van der Waals surface area contributed by atoms with E-state index in [1.165, 1.54) is 0 Å². The van der Waals surface area contributed by atoms with E-state index in [1.807, 2.05) is 0 Å². The monoisotopic (exact) mass is 317 g/mol. The maximum absolute atomic E-state index is 13.9. The maximum atomic E-state index is 13.9. The van der Waals surface area contributed by atoms with Crippen molar-refractivity contribution in [2.24, 2.45) is 0 Å². The summed E-state index contributed by atoms with van der Waals surface area (Å²) in [7, 11) is 0. The Morgan fingerprint density at radius 2 is 2.00 bits per heavy atom. The van der Waals surface area contributed by atoms with E-state index in [4.69, 9.17) is 16.3 Å². The summed E-state index contributed by atoms with van der Waals surface area (Å²) in [5, 5.41) is 1.87. The molecule has 0 aliphatic rings. The first-order valence-corrected chi connectivity index (χ1v) is 6.60. The van der Waals surface area contributed by atoms with Crippen LogP contribution in [0.25, 0.3) is 0 Å². The molecule has 0 fully saturated rings. The zero-order chi connectivity index (χ0) is 16.0. The lowest BCUT2D eigenvalue weighted by Crippen LogP contribution is -2.20. The average molecular weight is 318 g/mol. The van der Waals surface area contributed by atoms with Crippen molar-refractivity contribution >= 4 is 23.4 Å². The molecule has 7 heteroatoms. The maximum Gasteiger partial charge on any atom is 0.343 e. The van der Waals surface area contributed by atoms with Gasteiger partial charge in [0.2, 0.25) is 5.78 Å². The van der Waals surface area contributed by atoms with Crippen LogP contribution in [0.15, 0.2) is 23.9 Å². The normalized spacial score (nSPS) is 11.2. The number of carbonyl (C=O) groups excluding carboxylic acids is 2. The van der Waals surface area contributed by atoms with E-state index in [2.05, 4.69) is 5.32 Å². The van der Waals surface area contributed by atoms with Crippen molar-refractivity contribution in [3.05, 3.63) is 46.1 Å². The van der Waals surface area contributed by atoms with Gasteiger partial charge in [-0.1, -0.05) is 11.6 Å². The Bertz CT molecular complexity index is 588. The summed E-state index contributed by atoms with van der Waals surface area (Å²) >= 11 is 5.42. The minimum atomic E-state index is -1.21. The Labute approximate surface area is 125 Å². The zero-order valence-corrected chi connectivity index (χ0v) is 12.3. The molecule has 0 amide bonds. The van der Waals surface area contributed by atoms with Crippen LogP contribution < -0.4 is 5.32 Å². The van der Waals surface area contributed by atoms with Crippen molar-refractivity contribution in [3.8, 4) is 0 Å². The molecule has 0 radical (unpaired) electrons. The van der Waals surface area contributed by atoms with Gasteiger partial charge in [0.1, 0.15) is 16.4 Å². The predicted octanol–water partition coefficient (Wildman–Crippen LogP) is 2.86. The van der Waals surface area contributed by atoms with Crippen molar-refractivity contribution in [1.29, 1.82) is 0 Å². The third-order valence-electron chi connectivity index (χ3n) is 2.47. The minimum absolute atomic E-state index is 0.0578. The smallest absolute Gasteiger partial charge is 0.343 e. The van der Waals surface area contributed by atoms with Gasteiger partial charge in [-0.05, 0) is 26.0 Å². The number of esters is 1. The number of nitrogens with one attached hydrogen (secondary N) is 1. The van der Waals surface area contributed by atoms with Crippen LogP contribution in [-0.2, 0) is 9.53 Å². The van der Waals surface area contributed by atoms with Crippen LogP contribution >= 0.6 is 11.6 Å². The number of carbonyl (C=O) groups is 2. The fourth-order valence-electron chi connectivity index (χ4n) is 1.48. The van der Waals surface area contributed by atoms with Crippen molar-refractivity contribution in [2.75, 3.05) is 13.2 Å². The Kier molecular flexibility index (Phi) is 6.30. The second kappa shape index (κ2) is 7.73.